The maximum absolute atomic E-state index is 12.7. The van der Waals surface area contributed by atoms with Crippen LogP contribution >= 0.6 is 0 Å². The first-order chi connectivity index (χ1) is 13.4. The van der Waals surface area contributed by atoms with Gasteiger partial charge in [0.05, 0.1) is 23.2 Å². The highest BCUT2D eigenvalue weighted by Gasteiger charge is 2.26. The van der Waals surface area contributed by atoms with E-state index in [1.54, 1.807) is 30.3 Å². The predicted molar refractivity (Wildman–Crippen MR) is 103 cm³/mol. The molecule has 3 rings (SSSR count). The molecule has 0 unspecified atom stereocenters. The molecular formula is C20H19NO6S. The van der Waals surface area contributed by atoms with Crippen molar-refractivity contribution in [3.05, 3.63) is 72.2 Å². The van der Waals surface area contributed by atoms with Gasteiger partial charge in [-0.05, 0) is 23.8 Å². The van der Waals surface area contributed by atoms with Gasteiger partial charge in [-0.1, -0.05) is 30.3 Å². The van der Waals surface area contributed by atoms with E-state index in [1.165, 1.54) is 30.7 Å². The van der Waals surface area contributed by atoms with Gasteiger partial charge in [0.1, 0.15) is 17.9 Å². The lowest BCUT2D eigenvalue weighted by atomic mass is 9.99. The zero-order chi connectivity index (χ0) is 20.1. The van der Waals surface area contributed by atoms with Crippen molar-refractivity contribution in [3.8, 4) is 16.9 Å². The standard InChI is InChI=1S/C20H19NO6S/c21-9-11-27-19-17(14-8-10-26-12-14)7-6-15(18(19)20(22)23)13-28(24,25)16-4-2-1-3-5-16/h1-8,10,12H,9,11,13,21H2,(H,22,23). The smallest absolute Gasteiger partial charge is 0.339 e. The summed E-state index contributed by atoms with van der Waals surface area (Å²) in [5.74, 6) is -1.68. The van der Waals surface area contributed by atoms with Crippen molar-refractivity contribution in [2.24, 2.45) is 5.73 Å². The number of sulfone groups is 1. The molecule has 7 nitrogen and oxygen atoms in total. The molecule has 1 aromatic heterocycles. The quantitative estimate of drug-likeness (QED) is 0.595. The summed E-state index contributed by atoms with van der Waals surface area (Å²) in [5, 5.41) is 9.81. The fourth-order valence-corrected chi connectivity index (χ4v) is 4.24. The molecule has 0 radical (unpaired) electrons. The number of hydrogen-bond donors (Lipinski definition) is 2. The third-order valence-corrected chi connectivity index (χ3v) is 5.78. The van der Waals surface area contributed by atoms with E-state index in [1.807, 2.05) is 0 Å². The summed E-state index contributed by atoms with van der Waals surface area (Å²) in [6.07, 6.45) is 2.91. The van der Waals surface area contributed by atoms with Gasteiger partial charge in [0.25, 0.3) is 0 Å². The van der Waals surface area contributed by atoms with Gasteiger partial charge >= 0.3 is 5.97 Å². The van der Waals surface area contributed by atoms with Crippen LogP contribution in [0.5, 0.6) is 5.75 Å². The highest BCUT2D eigenvalue weighted by Crippen LogP contribution is 2.37. The zero-order valence-corrected chi connectivity index (χ0v) is 15.7. The molecule has 3 N–H and O–H groups in total. The Kier molecular flexibility index (Phi) is 5.81. The molecule has 0 bridgehead atoms. The summed E-state index contributed by atoms with van der Waals surface area (Å²) in [5.41, 5.74) is 6.54. The molecular weight excluding hydrogens is 382 g/mol. The molecule has 1 heterocycles. The summed E-state index contributed by atoms with van der Waals surface area (Å²) in [7, 11) is -3.74. The minimum Gasteiger partial charge on any atom is -0.491 e. The van der Waals surface area contributed by atoms with Crippen molar-refractivity contribution in [1.29, 1.82) is 0 Å². The molecule has 0 saturated carbocycles. The number of carboxylic acid groups (broad SMARTS) is 1. The monoisotopic (exact) mass is 401 g/mol. The van der Waals surface area contributed by atoms with Crippen LogP contribution in [-0.2, 0) is 15.6 Å². The number of aromatic carboxylic acids is 1. The van der Waals surface area contributed by atoms with Crippen LogP contribution < -0.4 is 10.5 Å². The van der Waals surface area contributed by atoms with Crippen molar-refractivity contribution < 1.29 is 27.5 Å². The number of benzene rings is 2. The topological polar surface area (TPSA) is 120 Å². The van der Waals surface area contributed by atoms with Gasteiger partial charge in [-0.25, -0.2) is 13.2 Å². The number of furan rings is 1. The maximum Gasteiger partial charge on any atom is 0.339 e. The van der Waals surface area contributed by atoms with E-state index in [0.29, 0.717) is 11.1 Å². The van der Waals surface area contributed by atoms with Crippen LogP contribution in [0, 0.1) is 0 Å². The molecule has 0 atom stereocenters. The zero-order valence-electron chi connectivity index (χ0n) is 14.9. The molecule has 8 heteroatoms. The number of hydrogen-bond acceptors (Lipinski definition) is 6. The average Bonchev–Trinajstić information content (AvgIpc) is 3.21. The summed E-state index contributed by atoms with van der Waals surface area (Å²) in [4.78, 5) is 12.1. The van der Waals surface area contributed by atoms with Gasteiger partial charge in [-0.2, -0.15) is 0 Å². The van der Waals surface area contributed by atoms with Crippen molar-refractivity contribution in [3.63, 3.8) is 0 Å². The Bertz CT molecular complexity index is 1060. The van der Waals surface area contributed by atoms with E-state index in [2.05, 4.69) is 0 Å². The van der Waals surface area contributed by atoms with Crippen LogP contribution in [0.25, 0.3) is 11.1 Å². The average molecular weight is 401 g/mol. The molecule has 0 aliphatic carbocycles. The largest absolute Gasteiger partial charge is 0.491 e. The number of rotatable bonds is 8. The second-order valence-electron chi connectivity index (χ2n) is 6.00. The van der Waals surface area contributed by atoms with Gasteiger partial charge in [0.15, 0.2) is 9.84 Å². The Morgan fingerprint density at radius 2 is 1.86 bits per heavy atom. The lowest BCUT2D eigenvalue weighted by Gasteiger charge is -2.16. The fraction of sp³-hybridized carbons (Fsp3) is 0.150. The normalized spacial score (nSPS) is 11.3. The summed E-state index contributed by atoms with van der Waals surface area (Å²) in [6, 6.07) is 12.7. The van der Waals surface area contributed by atoms with Crippen molar-refractivity contribution >= 4 is 15.8 Å². The first-order valence-corrected chi connectivity index (χ1v) is 10.1. The second-order valence-corrected chi connectivity index (χ2v) is 7.99. The molecule has 2 aromatic carbocycles. The van der Waals surface area contributed by atoms with Gasteiger partial charge < -0.3 is 20.0 Å². The van der Waals surface area contributed by atoms with Crippen molar-refractivity contribution in [2.75, 3.05) is 13.2 Å². The van der Waals surface area contributed by atoms with Gasteiger partial charge in [-0.3, -0.25) is 0 Å². The van der Waals surface area contributed by atoms with E-state index < -0.39 is 21.6 Å². The third kappa shape index (κ3) is 4.08. The van der Waals surface area contributed by atoms with E-state index >= 15 is 0 Å². The Balaban J connectivity index is 2.13. The third-order valence-electron chi connectivity index (χ3n) is 4.10. The Labute approximate surface area is 162 Å². The van der Waals surface area contributed by atoms with Crippen LogP contribution in [0.3, 0.4) is 0 Å². The molecule has 0 saturated heterocycles. The summed E-state index contributed by atoms with van der Waals surface area (Å²) in [6.45, 7) is 0.260. The van der Waals surface area contributed by atoms with Gasteiger partial charge in [0, 0.05) is 17.7 Å². The first kappa shape index (κ1) is 19.7. The van der Waals surface area contributed by atoms with Crippen LogP contribution in [0.15, 0.2) is 70.4 Å². The van der Waals surface area contributed by atoms with Gasteiger partial charge in [-0.15, -0.1) is 0 Å². The molecule has 146 valence electrons. The van der Waals surface area contributed by atoms with E-state index in [9.17, 15) is 18.3 Å². The lowest BCUT2D eigenvalue weighted by molar-refractivity contribution is 0.0691. The summed E-state index contributed by atoms with van der Waals surface area (Å²) >= 11 is 0. The second kappa shape index (κ2) is 8.28. The number of carboxylic acids is 1. The number of carbonyl (C=O) groups is 1. The molecule has 0 aliphatic heterocycles. The predicted octanol–water partition coefficient (Wildman–Crippen LogP) is 2.96. The Morgan fingerprint density at radius 3 is 2.46 bits per heavy atom. The molecule has 0 spiro atoms. The Morgan fingerprint density at radius 1 is 1.11 bits per heavy atom. The van der Waals surface area contributed by atoms with Crippen LogP contribution in [0.1, 0.15) is 15.9 Å². The SMILES string of the molecule is NCCOc1c(-c2ccoc2)ccc(CS(=O)(=O)c2ccccc2)c1C(=O)O. The molecule has 0 amide bonds. The highest BCUT2D eigenvalue weighted by molar-refractivity contribution is 7.90. The highest BCUT2D eigenvalue weighted by atomic mass is 32.2. The Hall–Kier alpha value is -3.10. The number of nitrogens with two attached hydrogens (primary N) is 1. The minimum atomic E-state index is -3.74. The molecule has 28 heavy (non-hydrogen) atoms. The van der Waals surface area contributed by atoms with Crippen molar-refractivity contribution in [1.82, 2.24) is 0 Å². The summed E-state index contributed by atoms with van der Waals surface area (Å²) < 4.78 is 36.2. The van der Waals surface area contributed by atoms with Crippen LogP contribution in [0.4, 0.5) is 0 Å². The minimum absolute atomic E-state index is 0.0695. The first-order valence-electron chi connectivity index (χ1n) is 8.46. The van der Waals surface area contributed by atoms with E-state index in [-0.39, 0.29) is 34.9 Å². The van der Waals surface area contributed by atoms with Crippen molar-refractivity contribution in [2.45, 2.75) is 10.6 Å². The lowest BCUT2D eigenvalue weighted by Crippen LogP contribution is -2.16. The van der Waals surface area contributed by atoms with Crippen LogP contribution in [-0.4, -0.2) is 32.6 Å². The van der Waals surface area contributed by atoms with Crippen LogP contribution in [0.2, 0.25) is 0 Å². The fourth-order valence-electron chi connectivity index (χ4n) is 2.85. The number of ether oxygens (including phenoxy) is 1. The molecule has 3 aromatic rings. The van der Waals surface area contributed by atoms with E-state index in [4.69, 9.17) is 14.9 Å². The maximum atomic E-state index is 12.7. The van der Waals surface area contributed by atoms with E-state index in [0.717, 1.165) is 0 Å². The molecule has 0 aliphatic rings. The van der Waals surface area contributed by atoms with Gasteiger partial charge in [0.2, 0.25) is 0 Å². The molecule has 0 fully saturated rings.